The molecule has 0 unspecified atom stereocenters. The molecule has 0 radical (unpaired) electrons. The first-order chi connectivity index (χ1) is 11.2. The summed E-state index contributed by atoms with van der Waals surface area (Å²) >= 11 is 1.28. The van der Waals surface area contributed by atoms with Gasteiger partial charge in [-0.25, -0.2) is 9.78 Å². The lowest BCUT2D eigenvalue weighted by molar-refractivity contribution is 0.0976. The van der Waals surface area contributed by atoms with Gasteiger partial charge in [0.15, 0.2) is 10.9 Å². The summed E-state index contributed by atoms with van der Waals surface area (Å²) in [6.07, 6.45) is 4.06. The zero-order valence-electron chi connectivity index (χ0n) is 12.8. The van der Waals surface area contributed by atoms with Gasteiger partial charge in [0.25, 0.3) is 0 Å². The number of thiazole rings is 1. The molecule has 1 aromatic carbocycles. The zero-order valence-corrected chi connectivity index (χ0v) is 13.6. The van der Waals surface area contributed by atoms with Gasteiger partial charge in [0, 0.05) is 13.0 Å². The number of benzene rings is 1. The van der Waals surface area contributed by atoms with Crippen molar-refractivity contribution in [3.8, 4) is 0 Å². The van der Waals surface area contributed by atoms with Crippen molar-refractivity contribution in [1.82, 2.24) is 10.3 Å². The predicted octanol–water partition coefficient (Wildman–Crippen LogP) is 3.42. The third kappa shape index (κ3) is 4.16. The third-order valence-corrected chi connectivity index (χ3v) is 4.81. The number of nitrogens with one attached hydrogen (secondary N) is 2. The quantitative estimate of drug-likeness (QED) is 0.826. The van der Waals surface area contributed by atoms with E-state index >= 15 is 0 Å². The highest BCUT2D eigenvalue weighted by Crippen LogP contribution is 2.29. The van der Waals surface area contributed by atoms with Gasteiger partial charge in [-0.2, -0.15) is 0 Å². The van der Waals surface area contributed by atoms with E-state index in [9.17, 15) is 9.59 Å². The fourth-order valence-corrected chi connectivity index (χ4v) is 3.58. The predicted molar refractivity (Wildman–Crippen MR) is 91.2 cm³/mol. The zero-order chi connectivity index (χ0) is 16.1. The van der Waals surface area contributed by atoms with Crippen molar-refractivity contribution in [2.75, 3.05) is 11.9 Å². The maximum absolute atomic E-state index is 11.9. The van der Waals surface area contributed by atoms with Crippen LogP contribution in [0, 0.1) is 0 Å². The second-order valence-corrected chi connectivity index (χ2v) is 6.54. The Kier molecular flexibility index (Phi) is 5.02. The largest absolute Gasteiger partial charge is 0.338 e. The number of fused-ring (bicyclic) bond motifs is 1. The Morgan fingerprint density at radius 2 is 2.04 bits per heavy atom. The normalized spacial score (nSPS) is 13.5. The highest BCUT2D eigenvalue weighted by atomic mass is 32.1. The van der Waals surface area contributed by atoms with Crippen LogP contribution in [0.3, 0.4) is 0 Å². The van der Waals surface area contributed by atoms with Gasteiger partial charge in [0.05, 0.1) is 10.6 Å². The van der Waals surface area contributed by atoms with Crippen LogP contribution in [0.25, 0.3) is 0 Å². The van der Waals surface area contributed by atoms with Gasteiger partial charge < -0.3 is 5.32 Å². The monoisotopic (exact) mass is 329 g/mol. The molecule has 1 aliphatic rings. The molecule has 0 saturated heterocycles. The first-order valence-corrected chi connectivity index (χ1v) is 8.66. The fourth-order valence-electron chi connectivity index (χ4n) is 2.60. The lowest BCUT2D eigenvalue weighted by Gasteiger charge is -2.06. The average Bonchev–Trinajstić information content (AvgIpc) is 2.96. The number of aromatic nitrogens is 1. The number of hydrogen-bond donors (Lipinski definition) is 2. The Hall–Kier alpha value is -2.21. The van der Waals surface area contributed by atoms with Crippen LogP contribution < -0.4 is 10.6 Å². The highest BCUT2D eigenvalue weighted by Gasteiger charge is 2.22. The number of carbonyl (C=O) groups is 2. The van der Waals surface area contributed by atoms with Gasteiger partial charge in [0.1, 0.15) is 0 Å². The minimum atomic E-state index is -0.267. The van der Waals surface area contributed by atoms with Crippen LogP contribution in [0.4, 0.5) is 9.93 Å². The van der Waals surface area contributed by atoms with Crippen LogP contribution >= 0.6 is 11.3 Å². The lowest BCUT2D eigenvalue weighted by Crippen LogP contribution is -2.29. The van der Waals surface area contributed by atoms with E-state index in [1.807, 2.05) is 18.2 Å². The van der Waals surface area contributed by atoms with Crippen molar-refractivity contribution >= 4 is 28.3 Å². The average molecular weight is 329 g/mol. The molecular formula is C17H19N3O2S. The van der Waals surface area contributed by atoms with E-state index in [0.29, 0.717) is 23.0 Å². The van der Waals surface area contributed by atoms with E-state index in [2.05, 4.69) is 27.8 Å². The van der Waals surface area contributed by atoms with Crippen molar-refractivity contribution < 1.29 is 9.59 Å². The molecule has 3 rings (SSSR count). The second kappa shape index (κ2) is 7.37. The number of amides is 2. The Morgan fingerprint density at radius 3 is 2.83 bits per heavy atom. The van der Waals surface area contributed by atoms with E-state index < -0.39 is 0 Å². The molecule has 0 atom stereocenters. The number of hydrogen-bond acceptors (Lipinski definition) is 4. The molecule has 0 bridgehead atoms. The van der Waals surface area contributed by atoms with Crippen LogP contribution in [0.15, 0.2) is 30.3 Å². The number of anilines is 1. The second-order valence-electron chi connectivity index (χ2n) is 5.54. The fraction of sp³-hybridized carbons (Fsp3) is 0.353. The molecule has 0 spiro atoms. The summed E-state index contributed by atoms with van der Waals surface area (Å²) in [5, 5.41) is 6.05. The van der Waals surface area contributed by atoms with E-state index in [1.54, 1.807) is 0 Å². The smallest absolute Gasteiger partial charge is 0.321 e. The van der Waals surface area contributed by atoms with Gasteiger partial charge in [-0.3, -0.25) is 10.1 Å². The number of nitrogens with zero attached hydrogens (tertiary/aromatic N) is 1. The molecule has 2 amide bonds. The molecule has 0 saturated carbocycles. The molecular weight excluding hydrogens is 310 g/mol. The number of carbonyl (C=O) groups excluding carboxylic acids is 2. The lowest BCUT2D eigenvalue weighted by atomic mass is 10.0. The molecule has 120 valence electrons. The first-order valence-electron chi connectivity index (χ1n) is 7.84. The molecule has 2 aromatic rings. The van der Waals surface area contributed by atoms with E-state index in [0.717, 1.165) is 31.4 Å². The van der Waals surface area contributed by atoms with E-state index in [4.69, 9.17) is 0 Å². The standard InChI is InChI=1S/C17H19N3O2S/c21-14-10-4-9-13-15(14)23-17(19-13)20-16(22)18-11-5-8-12-6-2-1-3-7-12/h1-3,6-7H,4-5,8-11H2,(H2,18,19,20,22). The van der Waals surface area contributed by atoms with Gasteiger partial charge in [0.2, 0.25) is 0 Å². The molecule has 0 aliphatic heterocycles. The maximum Gasteiger partial charge on any atom is 0.321 e. The summed E-state index contributed by atoms with van der Waals surface area (Å²) in [5.74, 6) is 0.139. The van der Waals surface area contributed by atoms with Crippen LogP contribution in [-0.2, 0) is 12.8 Å². The number of rotatable bonds is 5. The summed E-state index contributed by atoms with van der Waals surface area (Å²) in [7, 11) is 0. The van der Waals surface area contributed by atoms with Crippen molar-refractivity contribution in [2.24, 2.45) is 0 Å². The topological polar surface area (TPSA) is 71.1 Å². The van der Waals surface area contributed by atoms with Crippen molar-refractivity contribution in [1.29, 1.82) is 0 Å². The van der Waals surface area contributed by atoms with Gasteiger partial charge in [-0.05, 0) is 31.2 Å². The van der Waals surface area contributed by atoms with E-state index in [-0.39, 0.29) is 11.8 Å². The van der Waals surface area contributed by atoms with Gasteiger partial charge in [-0.1, -0.05) is 41.7 Å². The molecule has 1 aromatic heterocycles. The number of Topliss-reactive ketones (excluding diaryl/α,β-unsaturated/α-hetero) is 1. The third-order valence-electron chi connectivity index (χ3n) is 3.76. The SMILES string of the molecule is O=C(NCCCc1ccccc1)Nc1nc2c(s1)C(=O)CCC2. The minimum Gasteiger partial charge on any atom is -0.338 e. The summed E-state index contributed by atoms with van der Waals surface area (Å²) in [6, 6.07) is 9.92. The molecule has 1 heterocycles. The highest BCUT2D eigenvalue weighted by molar-refractivity contribution is 7.17. The number of urea groups is 1. The Bertz CT molecular complexity index is 697. The van der Waals surface area contributed by atoms with Crippen LogP contribution in [0.2, 0.25) is 0 Å². The summed E-state index contributed by atoms with van der Waals surface area (Å²) in [6.45, 7) is 0.602. The number of ketones is 1. The molecule has 1 aliphatic carbocycles. The number of aryl methyl sites for hydroxylation is 2. The summed E-state index contributed by atoms with van der Waals surface area (Å²) in [4.78, 5) is 28.7. The first kappa shape index (κ1) is 15.7. The van der Waals surface area contributed by atoms with Gasteiger partial charge >= 0.3 is 6.03 Å². The molecule has 6 heteroatoms. The van der Waals surface area contributed by atoms with Crippen LogP contribution in [-0.4, -0.2) is 23.3 Å². The van der Waals surface area contributed by atoms with Crippen LogP contribution in [0.1, 0.15) is 40.2 Å². The van der Waals surface area contributed by atoms with Crippen LogP contribution in [0.5, 0.6) is 0 Å². The minimum absolute atomic E-state index is 0.139. The van der Waals surface area contributed by atoms with Crippen molar-refractivity contribution in [2.45, 2.75) is 32.1 Å². The van der Waals surface area contributed by atoms with Crippen molar-refractivity contribution in [3.63, 3.8) is 0 Å². The van der Waals surface area contributed by atoms with E-state index in [1.165, 1.54) is 16.9 Å². The molecule has 2 N–H and O–H groups in total. The maximum atomic E-state index is 11.9. The summed E-state index contributed by atoms with van der Waals surface area (Å²) < 4.78 is 0. The Morgan fingerprint density at radius 1 is 1.22 bits per heavy atom. The Balaban J connectivity index is 1.44. The van der Waals surface area contributed by atoms with Crippen molar-refractivity contribution in [3.05, 3.63) is 46.5 Å². The molecule has 5 nitrogen and oxygen atoms in total. The Labute approximate surface area is 139 Å². The summed E-state index contributed by atoms with van der Waals surface area (Å²) in [5.41, 5.74) is 2.09. The molecule has 0 fully saturated rings. The van der Waals surface area contributed by atoms with Gasteiger partial charge in [-0.15, -0.1) is 0 Å². The molecule has 23 heavy (non-hydrogen) atoms.